The maximum atomic E-state index is 5.93. The van der Waals surface area contributed by atoms with Gasteiger partial charge in [0.25, 0.3) is 0 Å². The number of hydrogen-bond donors (Lipinski definition) is 1. The molecule has 0 amide bonds. The van der Waals surface area contributed by atoms with Gasteiger partial charge in [0.1, 0.15) is 12.4 Å². The number of hydrogen-bond acceptors (Lipinski definition) is 4. The second-order valence-electron chi connectivity index (χ2n) is 6.70. The van der Waals surface area contributed by atoms with Crippen molar-refractivity contribution in [3.63, 3.8) is 0 Å². The van der Waals surface area contributed by atoms with Gasteiger partial charge in [-0.3, -0.25) is 10.1 Å². The third-order valence-electron chi connectivity index (χ3n) is 4.82. The SMILES string of the molecule is c1ccc2nc(COc3ccc(-c4cn[nH]c4-c4ccncc4)cc3)ccc2c1. The fraction of sp³-hybridized carbons (Fsp3) is 0.0417. The highest BCUT2D eigenvalue weighted by Crippen LogP contribution is 2.30. The molecule has 0 radical (unpaired) electrons. The van der Waals surface area contributed by atoms with E-state index in [0.717, 1.165) is 44.7 Å². The van der Waals surface area contributed by atoms with E-state index in [1.807, 2.05) is 66.9 Å². The molecule has 0 unspecified atom stereocenters. The molecule has 140 valence electrons. The van der Waals surface area contributed by atoms with Gasteiger partial charge in [0.15, 0.2) is 0 Å². The fourth-order valence-electron chi connectivity index (χ4n) is 3.32. The molecule has 29 heavy (non-hydrogen) atoms. The number of benzene rings is 2. The minimum atomic E-state index is 0.429. The van der Waals surface area contributed by atoms with Crippen LogP contribution in [0, 0.1) is 0 Å². The van der Waals surface area contributed by atoms with Gasteiger partial charge in [0.05, 0.1) is 23.1 Å². The van der Waals surface area contributed by atoms with Crippen LogP contribution in [0.25, 0.3) is 33.3 Å². The Balaban J connectivity index is 1.32. The lowest BCUT2D eigenvalue weighted by Gasteiger charge is -2.08. The largest absolute Gasteiger partial charge is 0.487 e. The Morgan fingerprint density at radius 1 is 0.793 bits per heavy atom. The van der Waals surface area contributed by atoms with Gasteiger partial charge in [-0.25, -0.2) is 4.98 Å². The molecule has 0 aliphatic rings. The molecule has 3 aromatic heterocycles. The number of nitrogens with one attached hydrogen (secondary N) is 1. The number of aromatic amines is 1. The van der Waals surface area contributed by atoms with E-state index in [-0.39, 0.29) is 0 Å². The van der Waals surface area contributed by atoms with E-state index in [1.165, 1.54) is 0 Å². The molecule has 2 aromatic carbocycles. The molecule has 5 nitrogen and oxygen atoms in total. The van der Waals surface area contributed by atoms with Crippen molar-refractivity contribution in [2.45, 2.75) is 6.61 Å². The smallest absolute Gasteiger partial charge is 0.130 e. The maximum Gasteiger partial charge on any atom is 0.130 e. The Morgan fingerprint density at radius 3 is 2.48 bits per heavy atom. The predicted octanol–water partition coefficient (Wildman–Crippen LogP) is 5.27. The number of H-pyrrole nitrogens is 1. The van der Waals surface area contributed by atoms with E-state index in [4.69, 9.17) is 4.74 Å². The molecule has 0 bridgehead atoms. The fourth-order valence-corrected chi connectivity index (χ4v) is 3.32. The Morgan fingerprint density at radius 2 is 1.62 bits per heavy atom. The van der Waals surface area contributed by atoms with Crippen molar-refractivity contribution in [2.24, 2.45) is 0 Å². The quantitative estimate of drug-likeness (QED) is 0.453. The number of fused-ring (bicyclic) bond motifs is 1. The summed E-state index contributed by atoms with van der Waals surface area (Å²) in [6.07, 6.45) is 5.39. The van der Waals surface area contributed by atoms with Crippen LogP contribution in [0.1, 0.15) is 5.69 Å². The van der Waals surface area contributed by atoms with Gasteiger partial charge >= 0.3 is 0 Å². The maximum absolute atomic E-state index is 5.93. The molecule has 0 saturated carbocycles. The second kappa shape index (κ2) is 7.56. The highest BCUT2D eigenvalue weighted by Gasteiger charge is 2.10. The number of ether oxygens (including phenoxy) is 1. The summed E-state index contributed by atoms with van der Waals surface area (Å²) in [7, 11) is 0. The lowest BCUT2D eigenvalue weighted by atomic mass is 10.0. The van der Waals surface area contributed by atoms with Gasteiger partial charge in [-0.2, -0.15) is 5.10 Å². The normalized spacial score (nSPS) is 10.9. The highest BCUT2D eigenvalue weighted by atomic mass is 16.5. The van der Waals surface area contributed by atoms with Crippen molar-refractivity contribution < 1.29 is 4.74 Å². The first-order valence-corrected chi connectivity index (χ1v) is 9.38. The highest BCUT2D eigenvalue weighted by molar-refractivity contribution is 5.80. The van der Waals surface area contributed by atoms with Crippen molar-refractivity contribution in [3.8, 4) is 28.1 Å². The zero-order chi connectivity index (χ0) is 19.5. The van der Waals surface area contributed by atoms with E-state index in [9.17, 15) is 0 Å². The average molecular weight is 378 g/mol. The van der Waals surface area contributed by atoms with Crippen molar-refractivity contribution in [1.82, 2.24) is 20.2 Å². The average Bonchev–Trinajstić information content (AvgIpc) is 3.28. The molecule has 5 heteroatoms. The summed E-state index contributed by atoms with van der Waals surface area (Å²) in [4.78, 5) is 8.73. The monoisotopic (exact) mass is 378 g/mol. The number of nitrogens with zero attached hydrogens (tertiary/aromatic N) is 3. The molecule has 1 N–H and O–H groups in total. The number of para-hydroxylation sites is 1. The van der Waals surface area contributed by atoms with Crippen LogP contribution in [-0.4, -0.2) is 20.2 Å². The summed E-state index contributed by atoms with van der Waals surface area (Å²) < 4.78 is 5.93. The topological polar surface area (TPSA) is 63.7 Å². The van der Waals surface area contributed by atoms with Gasteiger partial charge in [-0.1, -0.05) is 36.4 Å². The third kappa shape index (κ3) is 3.58. The molecule has 0 atom stereocenters. The molecular weight excluding hydrogens is 360 g/mol. The van der Waals surface area contributed by atoms with E-state index < -0.39 is 0 Å². The summed E-state index contributed by atoms with van der Waals surface area (Å²) in [5.74, 6) is 0.803. The van der Waals surface area contributed by atoms with Gasteiger partial charge in [-0.15, -0.1) is 0 Å². The van der Waals surface area contributed by atoms with Crippen molar-refractivity contribution in [2.75, 3.05) is 0 Å². The van der Waals surface area contributed by atoms with Crippen LogP contribution in [0.2, 0.25) is 0 Å². The van der Waals surface area contributed by atoms with Crippen LogP contribution < -0.4 is 4.74 Å². The summed E-state index contributed by atoms with van der Waals surface area (Å²) in [6, 6.07) is 24.1. The number of pyridine rings is 2. The van der Waals surface area contributed by atoms with Crippen LogP contribution in [0.5, 0.6) is 5.75 Å². The van der Waals surface area contributed by atoms with Crippen molar-refractivity contribution in [3.05, 3.63) is 97.1 Å². The zero-order valence-corrected chi connectivity index (χ0v) is 15.6. The van der Waals surface area contributed by atoms with E-state index in [2.05, 4.69) is 32.3 Å². The zero-order valence-electron chi connectivity index (χ0n) is 15.6. The third-order valence-corrected chi connectivity index (χ3v) is 4.82. The van der Waals surface area contributed by atoms with Crippen LogP contribution in [0.4, 0.5) is 0 Å². The molecule has 0 saturated heterocycles. The molecule has 0 aliphatic heterocycles. The van der Waals surface area contributed by atoms with Crippen LogP contribution in [0.3, 0.4) is 0 Å². The Bertz CT molecular complexity index is 1250. The van der Waals surface area contributed by atoms with Gasteiger partial charge in [-0.05, 0) is 42.0 Å². The summed E-state index contributed by atoms with van der Waals surface area (Å²) >= 11 is 0. The molecule has 0 fully saturated rings. The number of rotatable bonds is 5. The Hall–Kier alpha value is -3.99. The second-order valence-corrected chi connectivity index (χ2v) is 6.70. The molecule has 3 heterocycles. The first-order chi connectivity index (χ1) is 14.4. The Labute approximate surface area is 168 Å². The van der Waals surface area contributed by atoms with Gasteiger partial charge in [0, 0.05) is 28.9 Å². The van der Waals surface area contributed by atoms with Crippen LogP contribution in [0.15, 0.2) is 91.4 Å². The minimum absolute atomic E-state index is 0.429. The van der Waals surface area contributed by atoms with Crippen molar-refractivity contribution >= 4 is 10.9 Å². The first-order valence-electron chi connectivity index (χ1n) is 9.38. The lowest BCUT2D eigenvalue weighted by molar-refractivity contribution is 0.302. The summed E-state index contributed by atoms with van der Waals surface area (Å²) in [5.41, 5.74) is 6.02. The van der Waals surface area contributed by atoms with E-state index >= 15 is 0 Å². The molecule has 5 rings (SSSR count). The standard InChI is InChI=1S/C24H18N4O/c1-2-4-23-18(3-1)5-8-20(27-23)16-29-21-9-6-17(7-10-21)22-15-26-28-24(22)19-11-13-25-14-12-19/h1-15H,16H2,(H,26,28). The molecule has 0 spiro atoms. The van der Waals surface area contributed by atoms with Crippen LogP contribution in [-0.2, 0) is 6.61 Å². The van der Waals surface area contributed by atoms with E-state index in [1.54, 1.807) is 12.4 Å². The number of aromatic nitrogens is 4. The van der Waals surface area contributed by atoms with Crippen LogP contribution >= 0.6 is 0 Å². The minimum Gasteiger partial charge on any atom is -0.487 e. The van der Waals surface area contributed by atoms with E-state index in [0.29, 0.717) is 6.61 Å². The van der Waals surface area contributed by atoms with Crippen molar-refractivity contribution in [1.29, 1.82) is 0 Å². The lowest BCUT2D eigenvalue weighted by Crippen LogP contribution is -1.98. The molecular formula is C24H18N4O. The van der Waals surface area contributed by atoms with Gasteiger partial charge < -0.3 is 4.74 Å². The molecule has 0 aliphatic carbocycles. The summed E-state index contributed by atoms with van der Waals surface area (Å²) in [5, 5.41) is 8.42. The summed E-state index contributed by atoms with van der Waals surface area (Å²) in [6.45, 7) is 0.429. The Kier molecular flexibility index (Phi) is 4.47. The molecule has 5 aromatic rings. The predicted molar refractivity (Wildman–Crippen MR) is 113 cm³/mol. The van der Waals surface area contributed by atoms with Gasteiger partial charge in [0.2, 0.25) is 0 Å². The first kappa shape index (κ1) is 17.1.